The van der Waals surface area contributed by atoms with Crippen molar-refractivity contribution in [1.29, 1.82) is 0 Å². The number of para-hydroxylation sites is 1. The highest BCUT2D eigenvalue weighted by Gasteiger charge is 2.25. The van der Waals surface area contributed by atoms with E-state index in [0.29, 0.717) is 66.6 Å². The highest BCUT2D eigenvalue weighted by molar-refractivity contribution is 5.78. The molecule has 2 saturated heterocycles. The number of ether oxygens (including phenoxy) is 2. The van der Waals surface area contributed by atoms with Gasteiger partial charge in [-0.25, -0.2) is 4.98 Å². The Hall–Kier alpha value is -4.25. The molecule has 3 heterocycles. The molecule has 0 atom stereocenters. The fourth-order valence-electron chi connectivity index (χ4n) is 6.08. The Morgan fingerprint density at radius 1 is 0.891 bits per heavy atom. The van der Waals surface area contributed by atoms with Crippen LogP contribution in [-0.4, -0.2) is 95.2 Å². The number of benzene rings is 3. The zero-order chi connectivity index (χ0) is 32.0. The van der Waals surface area contributed by atoms with Gasteiger partial charge >= 0.3 is 0 Å². The Labute approximate surface area is 270 Å². The molecule has 0 spiro atoms. The molecule has 0 unspecified atom stereocenters. The van der Waals surface area contributed by atoms with Crippen molar-refractivity contribution in [2.24, 2.45) is 0 Å². The first-order chi connectivity index (χ1) is 22.3. The molecule has 242 valence electrons. The average molecular weight is 625 g/mol. The Morgan fingerprint density at radius 3 is 2.35 bits per heavy atom. The number of hydrogen-bond donors (Lipinski definition) is 1. The first-order valence-electron chi connectivity index (χ1n) is 16.3. The predicted molar refractivity (Wildman–Crippen MR) is 180 cm³/mol. The zero-order valence-electron chi connectivity index (χ0n) is 27.1. The lowest BCUT2D eigenvalue weighted by Gasteiger charge is -2.34. The molecule has 10 nitrogen and oxygen atoms in total. The summed E-state index contributed by atoms with van der Waals surface area (Å²) in [7, 11) is 0. The van der Waals surface area contributed by atoms with E-state index in [9.17, 15) is 9.59 Å². The van der Waals surface area contributed by atoms with E-state index in [1.165, 1.54) is 0 Å². The number of rotatable bonds is 10. The number of aromatic nitrogens is 2. The molecule has 2 aliphatic heterocycles. The maximum Gasteiger partial charge on any atom is 0.266 e. The Morgan fingerprint density at radius 2 is 1.61 bits per heavy atom. The van der Waals surface area contributed by atoms with Gasteiger partial charge in [0.05, 0.1) is 29.2 Å². The van der Waals surface area contributed by atoms with Crippen LogP contribution in [0, 0.1) is 6.92 Å². The van der Waals surface area contributed by atoms with Gasteiger partial charge in [0, 0.05) is 58.9 Å². The van der Waals surface area contributed by atoms with Crippen LogP contribution in [0.2, 0.25) is 0 Å². The quantitative estimate of drug-likeness (QED) is 0.286. The third-order valence-electron chi connectivity index (χ3n) is 8.56. The third-order valence-corrected chi connectivity index (χ3v) is 8.56. The number of fused-ring (bicyclic) bond motifs is 1. The van der Waals surface area contributed by atoms with Crippen LogP contribution in [0.3, 0.4) is 0 Å². The molecule has 6 rings (SSSR count). The van der Waals surface area contributed by atoms with Crippen LogP contribution in [0.5, 0.6) is 11.5 Å². The molecule has 4 aromatic rings. The smallest absolute Gasteiger partial charge is 0.266 e. The van der Waals surface area contributed by atoms with Gasteiger partial charge in [-0.3, -0.25) is 24.0 Å². The van der Waals surface area contributed by atoms with Crippen LogP contribution in [-0.2, 0) is 17.9 Å². The molecular formula is C36H44N6O4. The van der Waals surface area contributed by atoms with E-state index >= 15 is 0 Å². The fraction of sp³-hybridized carbons (Fsp3) is 0.417. The van der Waals surface area contributed by atoms with Crippen LogP contribution >= 0.6 is 0 Å². The lowest BCUT2D eigenvalue weighted by molar-refractivity contribution is -0.135. The van der Waals surface area contributed by atoms with Gasteiger partial charge in [-0.15, -0.1) is 0 Å². The SMILES string of the molecule is Cc1ccc(OCC(=O)N2CCN(Cc3nc4ccccc4c(=O)n3-c3cc(CN4CCNCC4)ccc3OC(C)C)CC2)cc1. The summed E-state index contributed by atoms with van der Waals surface area (Å²) < 4.78 is 13.8. The molecule has 0 bridgehead atoms. The first kappa shape index (κ1) is 31.7. The van der Waals surface area contributed by atoms with Crippen LogP contribution in [0.4, 0.5) is 0 Å². The summed E-state index contributed by atoms with van der Waals surface area (Å²) in [5, 5.41) is 3.98. The standard InChI is InChI=1S/C36H44N6O4/c1-26(2)46-33-13-10-28(23-39-16-14-37-15-17-39)22-32(33)42-34(38-31-7-5-4-6-30(31)36(42)44)24-40-18-20-41(21-19-40)35(43)25-45-29-11-8-27(3)9-12-29/h4-13,22,26,37H,14-21,23-25H2,1-3H3. The van der Waals surface area contributed by atoms with Gasteiger partial charge in [-0.05, 0) is 62.7 Å². The topological polar surface area (TPSA) is 92.2 Å². The number of hydrogen-bond acceptors (Lipinski definition) is 8. The summed E-state index contributed by atoms with van der Waals surface area (Å²) in [4.78, 5) is 38.7. The summed E-state index contributed by atoms with van der Waals surface area (Å²) in [5.41, 5.74) is 3.54. The molecule has 46 heavy (non-hydrogen) atoms. The molecule has 2 aliphatic rings. The molecule has 1 N–H and O–H groups in total. The molecule has 1 aromatic heterocycles. The van der Waals surface area contributed by atoms with Crippen LogP contribution in [0.15, 0.2) is 71.5 Å². The predicted octanol–water partition coefficient (Wildman–Crippen LogP) is 3.61. The minimum Gasteiger partial charge on any atom is -0.489 e. The lowest BCUT2D eigenvalue weighted by Crippen LogP contribution is -2.50. The summed E-state index contributed by atoms with van der Waals surface area (Å²) in [6, 6.07) is 21.4. The number of nitrogens with zero attached hydrogens (tertiary/aromatic N) is 5. The van der Waals surface area contributed by atoms with E-state index in [2.05, 4.69) is 27.2 Å². The molecule has 0 saturated carbocycles. The highest BCUT2D eigenvalue weighted by Crippen LogP contribution is 2.28. The molecule has 3 aromatic carbocycles. The number of amides is 1. The highest BCUT2D eigenvalue weighted by atomic mass is 16.5. The number of nitrogens with one attached hydrogen (secondary N) is 1. The normalized spacial score (nSPS) is 16.2. The van der Waals surface area contributed by atoms with Gasteiger partial charge in [0.1, 0.15) is 17.3 Å². The van der Waals surface area contributed by atoms with Crippen molar-refractivity contribution >= 4 is 16.8 Å². The molecular weight excluding hydrogens is 580 g/mol. The second kappa shape index (κ2) is 14.5. The number of carbonyl (C=O) groups excluding carboxylic acids is 1. The van der Waals surface area contributed by atoms with E-state index in [4.69, 9.17) is 14.5 Å². The number of aryl methyl sites for hydroxylation is 1. The van der Waals surface area contributed by atoms with E-state index in [-0.39, 0.29) is 24.2 Å². The van der Waals surface area contributed by atoms with Crippen molar-refractivity contribution in [3.63, 3.8) is 0 Å². The minimum atomic E-state index is -0.115. The molecule has 0 radical (unpaired) electrons. The Kier molecular flexibility index (Phi) is 9.97. The number of carbonyl (C=O) groups is 1. The van der Waals surface area contributed by atoms with E-state index in [0.717, 1.165) is 43.9 Å². The molecule has 10 heteroatoms. The van der Waals surface area contributed by atoms with Crippen molar-refractivity contribution in [3.8, 4) is 17.2 Å². The second-order valence-electron chi connectivity index (χ2n) is 12.4. The maximum absolute atomic E-state index is 14.2. The number of piperazine rings is 2. The van der Waals surface area contributed by atoms with Crippen LogP contribution in [0.25, 0.3) is 16.6 Å². The summed E-state index contributed by atoms with van der Waals surface area (Å²) in [5.74, 6) is 1.97. The third kappa shape index (κ3) is 7.58. The van der Waals surface area contributed by atoms with Gasteiger partial charge in [0.2, 0.25) is 0 Å². The Balaban J connectivity index is 1.25. The van der Waals surface area contributed by atoms with Crippen molar-refractivity contribution in [3.05, 3.63) is 94.0 Å². The fourth-order valence-corrected chi connectivity index (χ4v) is 6.08. The summed E-state index contributed by atoms with van der Waals surface area (Å²) in [6.45, 7) is 13.7. The summed E-state index contributed by atoms with van der Waals surface area (Å²) in [6.07, 6.45) is -0.0639. The summed E-state index contributed by atoms with van der Waals surface area (Å²) >= 11 is 0. The molecule has 2 fully saturated rings. The van der Waals surface area contributed by atoms with Gasteiger partial charge in [-0.1, -0.05) is 35.9 Å². The van der Waals surface area contributed by atoms with E-state index in [1.807, 2.05) is 80.3 Å². The maximum atomic E-state index is 14.2. The molecule has 0 aliphatic carbocycles. The van der Waals surface area contributed by atoms with Gasteiger partial charge in [-0.2, -0.15) is 0 Å². The second-order valence-corrected chi connectivity index (χ2v) is 12.4. The van der Waals surface area contributed by atoms with E-state index < -0.39 is 0 Å². The van der Waals surface area contributed by atoms with Crippen molar-refractivity contribution in [2.75, 3.05) is 59.0 Å². The largest absolute Gasteiger partial charge is 0.489 e. The Bertz CT molecular complexity index is 1710. The van der Waals surface area contributed by atoms with Gasteiger partial charge in [0.15, 0.2) is 6.61 Å². The van der Waals surface area contributed by atoms with Crippen molar-refractivity contribution < 1.29 is 14.3 Å². The average Bonchev–Trinajstić information content (AvgIpc) is 3.06. The van der Waals surface area contributed by atoms with Crippen LogP contribution < -0.4 is 20.3 Å². The van der Waals surface area contributed by atoms with Gasteiger partial charge < -0.3 is 19.7 Å². The first-order valence-corrected chi connectivity index (χ1v) is 16.3. The van der Waals surface area contributed by atoms with E-state index in [1.54, 1.807) is 4.57 Å². The van der Waals surface area contributed by atoms with Crippen molar-refractivity contribution in [2.45, 2.75) is 40.0 Å². The molecule has 1 amide bonds. The van der Waals surface area contributed by atoms with Gasteiger partial charge in [0.25, 0.3) is 11.5 Å². The monoisotopic (exact) mass is 624 g/mol. The van der Waals surface area contributed by atoms with Crippen molar-refractivity contribution in [1.82, 2.24) is 29.6 Å². The lowest BCUT2D eigenvalue weighted by atomic mass is 10.1. The minimum absolute atomic E-state index is 0.0116. The zero-order valence-corrected chi connectivity index (χ0v) is 27.1. The van der Waals surface area contributed by atoms with Crippen LogP contribution in [0.1, 0.15) is 30.8 Å².